The first-order chi connectivity index (χ1) is 17.9. The fraction of sp³-hybridized carbons (Fsp3) is 0.179. The normalized spacial score (nSPS) is 10.6. The number of carbonyl (C=O) groups is 2. The number of esters is 2. The lowest BCUT2D eigenvalue weighted by Gasteiger charge is -2.20. The van der Waals surface area contributed by atoms with Crippen LogP contribution in [0.25, 0.3) is 27.6 Å². The van der Waals surface area contributed by atoms with Crippen LogP contribution < -0.4 is 19.8 Å². The standard InChI is InChI=1S/C28H25NO8/c1-33-21-14-17(15-22(34-2)25(21)35-3)23-19-11-6-7-12-20(19)26(30)29(24(23)28(32)37-5)18-10-8-9-16(13-18)27(31)36-4/h6-15H,1-5H3. The van der Waals surface area contributed by atoms with E-state index in [2.05, 4.69) is 0 Å². The summed E-state index contributed by atoms with van der Waals surface area (Å²) in [5.74, 6) is -0.239. The third-order valence-corrected chi connectivity index (χ3v) is 5.95. The Morgan fingerprint density at radius 2 is 1.32 bits per heavy atom. The molecule has 3 aromatic carbocycles. The molecule has 0 aliphatic heterocycles. The summed E-state index contributed by atoms with van der Waals surface area (Å²) < 4.78 is 27.7. The first-order valence-corrected chi connectivity index (χ1v) is 11.1. The molecule has 0 aliphatic carbocycles. The molecule has 0 unspecified atom stereocenters. The van der Waals surface area contributed by atoms with Gasteiger partial charge in [-0.25, -0.2) is 9.59 Å². The van der Waals surface area contributed by atoms with Crippen molar-refractivity contribution in [3.8, 4) is 34.1 Å². The quantitative estimate of drug-likeness (QED) is 0.345. The highest BCUT2D eigenvalue weighted by Gasteiger charge is 2.27. The van der Waals surface area contributed by atoms with Crippen LogP contribution in [0.2, 0.25) is 0 Å². The summed E-state index contributed by atoms with van der Waals surface area (Å²) in [7, 11) is 6.96. The smallest absolute Gasteiger partial charge is 0.355 e. The second kappa shape index (κ2) is 10.4. The number of aromatic nitrogens is 1. The van der Waals surface area contributed by atoms with E-state index in [-0.39, 0.29) is 16.9 Å². The maximum absolute atomic E-state index is 13.8. The molecular formula is C28H25NO8. The van der Waals surface area contributed by atoms with Crippen molar-refractivity contribution >= 4 is 22.7 Å². The number of rotatable bonds is 7. The maximum atomic E-state index is 13.8. The molecule has 0 atom stereocenters. The average molecular weight is 504 g/mol. The molecule has 0 N–H and O–H groups in total. The topological polar surface area (TPSA) is 102 Å². The van der Waals surface area contributed by atoms with E-state index in [0.717, 1.165) is 0 Å². The minimum atomic E-state index is -0.755. The van der Waals surface area contributed by atoms with Crippen LogP contribution in [-0.2, 0) is 9.47 Å². The molecule has 1 heterocycles. The number of fused-ring (bicyclic) bond motifs is 1. The Kier molecular flexibility index (Phi) is 7.15. The number of ether oxygens (including phenoxy) is 5. The number of pyridine rings is 1. The van der Waals surface area contributed by atoms with Crippen LogP contribution >= 0.6 is 0 Å². The number of methoxy groups -OCH3 is 5. The molecule has 0 fully saturated rings. The molecule has 0 saturated heterocycles. The molecule has 0 amide bonds. The third-order valence-electron chi connectivity index (χ3n) is 5.95. The van der Waals surface area contributed by atoms with E-state index in [1.807, 2.05) is 0 Å². The summed E-state index contributed by atoms with van der Waals surface area (Å²) in [4.78, 5) is 39.4. The Bertz CT molecular complexity index is 1550. The molecule has 4 aromatic rings. The van der Waals surface area contributed by atoms with E-state index < -0.39 is 17.5 Å². The monoisotopic (exact) mass is 503 g/mol. The van der Waals surface area contributed by atoms with Crippen molar-refractivity contribution in [1.82, 2.24) is 4.57 Å². The van der Waals surface area contributed by atoms with Gasteiger partial charge in [0.2, 0.25) is 5.75 Å². The van der Waals surface area contributed by atoms with Crippen LogP contribution in [0, 0.1) is 0 Å². The van der Waals surface area contributed by atoms with Crippen molar-refractivity contribution in [2.24, 2.45) is 0 Å². The van der Waals surface area contributed by atoms with Gasteiger partial charge in [-0.15, -0.1) is 0 Å². The van der Waals surface area contributed by atoms with Gasteiger partial charge in [-0.2, -0.15) is 0 Å². The number of carbonyl (C=O) groups excluding carboxylic acids is 2. The van der Waals surface area contributed by atoms with Crippen molar-refractivity contribution in [3.63, 3.8) is 0 Å². The third kappa shape index (κ3) is 4.35. The van der Waals surface area contributed by atoms with E-state index in [9.17, 15) is 14.4 Å². The van der Waals surface area contributed by atoms with Gasteiger partial charge in [0.05, 0.1) is 46.8 Å². The lowest BCUT2D eigenvalue weighted by atomic mass is 9.95. The lowest BCUT2D eigenvalue weighted by Crippen LogP contribution is -2.27. The van der Waals surface area contributed by atoms with Gasteiger partial charge >= 0.3 is 11.9 Å². The van der Waals surface area contributed by atoms with Crippen molar-refractivity contribution in [2.75, 3.05) is 35.5 Å². The van der Waals surface area contributed by atoms with Gasteiger partial charge in [0.15, 0.2) is 11.5 Å². The molecular weight excluding hydrogens is 478 g/mol. The zero-order valence-electron chi connectivity index (χ0n) is 21.0. The molecule has 1 aromatic heterocycles. The minimum absolute atomic E-state index is 0.0394. The van der Waals surface area contributed by atoms with Crippen LogP contribution in [-0.4, -0.2) is 52.1 Å². The van der Waals surface area contributed by atoms with E-state index in [1.54, 1.807) is 54.6 Å². The first-order valence-electron chi connectivity index (χ1n) is 11.1. The van der Waals surface area contributed by atoms with E-state index in [4.69, 9.17) is 23.7 Å². The zero-order chi connectivity index (χ0) is 26.7. The Labute approximate surface area is 212 Å². The Balaban J connectivity index is 2.21. The van der Waals surface area contributed by atoms with Gasteiger partial charge in [-0.3, -0.25) is 9.36 Å². The molecule has 0 saturated carbocycles. The SMILES string of the molecule is COC(=O)c1cccc(-n2c(C(=O)OC)c(-c3cc(OC)c(OC)c(OC)c3)c3ccccc3c2=O)c1. The molecule has 37 heavy (non-hydrogen) atoms. The van der Waals surface area contributed by atoms with Crippen molar-refractivity contribution in [2.45, 2.75) is 0 Å². The second-order valence-corrected chi connectivity index (χ2v) is 7.86. The van der Waals surface area contributed by atoms with E-state index >= 15 is 0 Å². The summed E-state index contributed by atoms with van der Waals surface area (Å²) in [5.41, 5.74) is 0.920. The number of hydrogen-bond donors (Lipinski definition) is 0. The van der Waals surface area contributed by atoms with Gasteiger partial charge < -0.3 is 23.7 Å². The van der Waals surface area contributed by atoms with Crippen LogP contribution in [0.5, 0.6) is 17.2 Å². The van der Waals surface area contributed by atoms with Crippen molar-refractivity contribution < 1.29 is 33.3 Å². The van der Waals surface area contributed by atoms with Crippen LogP contribution in [0.3, 0.4) is 0 Å². The van der Waals surface area contributed by atoms with Gasteiger partial charge in [0.1, 0.15) is 5.69 Å². The minimum Gasteiger partial charge on any atom is -0.493 e. The molecule has 9 nitrogen and oxygen atoms in total. The van der Waals surface area contributed by atoms with Gasteiger partial charge in [0.25, 0.3) is 5.56 Å². The van der Waals surface area contributed by atoms with Crippen molar-refractivity contribution in [1.29, 1.82) is 0 Å². The van der Waals surface area contributed by atoms with Gasteiger partial charge in [-0.1, -0.05) is 24.3 Å². The molecule has 0 radical (unpaired) electrons. The predicted molar refractivity (Wildman–Crippen MR) is 137 cm³/mol. The highest BCUT2D eigenvalue weighted by Crippen LogP contribution is 2.43. The highest BCUT2D eigenvalue weighted by molar-refractivity contribution is 6.07. The largest absolute Gasteiger partial charge is 0.493 e. The van der Waals surface area contributed by atoms with Gasteiger partial charge in [0, 0.05) is 10.9 Å². The lowest BCUT2D eigenvalue weighted by molar-refractivity contribution is 0.0587. The summed E-state index contributed by atoms with van der Waals surface area (Å²) >= 11 is 0. The number of hydrogen-bond acceptors (Lipinski definition) is 8. The zero-order valence-corrected chi connectivity index (χ0v) is 21.0. The molecule has 0 spiro atoms. The number of benzene rings is 3. The van der Waals surface area contributed by atoms with Gasteiger partial charge in [-0.05, 0) is 47.3 Å². The Morgan fingerprint density at radius 3 is 1.89 bits per heavy atom. The average Bonchev–Trinajstić information content (AvgIpc) is 2.95. The first kappa shape index (κ1) is 25.3. The fourth-order valence-electron chi connectivity index (χ4n) is 4.29. The summed E-state index contributed by atoms with van der Waals surface area (Å²) in [6.07, 6.45) is 0. The highest BCUT2D eigenvalue weighted by atomic mass is 16.5. The molecule has 0 bridgehead atoms. The summed E-state index contributed by atoms with van der Waals surface area (Å²) in [6.45, 7) is 0. The van der Waals surface area contributed by atoms with E-state index in [1.165, 1.54) is 46.2 Å². The van der Waals surface area contributed by atoms with Crippen molar-refractivity contribution in [3.05, 3.63) is 82.3 Å². The maximum Gasteiger partial charge on any atom is 0.355 e. The van der Waals surface area contributed by atoms with Crippen LogP contribution in [0.4, 0.5) is 0 Å². The Morgan fingerprint density at radius 1 is 0.703 bits per heavy atom. The Hall–Kier alpha value is -4.79. The van der Waals surface area contributed by atoms with Crippen LogP contribution in [0.1, 0.15) is 20.8 Å². The number of nitrogens with zero attached hydrogens (tertiary/aromatic N) is 1. The van der Waals surface area contributed by atoms with E-state index in [0.29, 0.717) is 39.1 Å². The predicted octanol–water partition coefficient (Wildman–Crippen LogP) is 4.26. The molecule has 9 heteroatoms. The summed E-state index contributed by atoms with van der Waals surface area (Å²) in [5, 5.41) is 0.866. The molecule has 4 rings (SSSR count). The molecule has 0 aliphatic rings. The summed E-state index contributed by atoms with van der Waals surface area (Å²) in [6, 6.07) is 16.6. The second-order valence-electron chi connectivity index (χ2n) is 7.86. The molecule has 190 valence electrons. The van der Waals surface area contributed by atoms with Crippen LogP contribution in [0.15, 0.2) is 65.5 Å². The fourth-order valence-corrected chi connectivity index (χ4v) is 4.29.